The van der Waals surface area contributed by atoms with Gasteiger partial charge in [-0.1, -0.05) is 37.3 Å². The molecule has 0 unspecified atom stereocenters. The van der Waals surface area contributed by atoms with Gasteiger partial charge in [-0.15, -0.1) is 0 Å². The van der Waals surface area contributed by atoms with Crippen LogP contribution in [0, 0.1) is 0 Å². The number of hydrogen-bond acceptors (Lipinski definition) is 5. The maximum absolute atomic E-state index is 12.1. The van der Waals surface area contributed by atoms with Gasteiger partial charge in [0.2, 0.25) is 0 Å². The lowest BCUT2D eigenvalue weighted by atomic mass is 10.2. The van der Waals surface area contributed by atoms with E-state index in [1.54, 1.807) is 48.5 Å². The van der Waals surface area contributed by atoms with Crippen LogP contribution in [0.3, 0.4) is 0 Å². The average Bonchev–Trinajstić information content (AvgIpc) is 2.81. The number of nitrogens with one attached hydrogen (secondary N) is 1. The average molecular weight is 419 g/mol. The largest absolute Gasteiger partial charge is 0.489 e. The first kappa shape index (κ1) is 21.9. The highest BCUT2D eigenvalue weighted by atomic mass is 16.5. The second-order valence-electron chi connectivity index (χ2n) is 6.80. The Labute approximate surface area is 181 Å². The van der Waals surface area contributed by atoms with E-state index < -0.39 is 0 Å². The molecule has 6 heteroatoms. The molecule has 0 atom stereocenters. The van der Waals surface area contributed by atoms with Gasteiger partial charge in [-0.3, -0.25) is 4.79 Å². The van der Waals surface area contributed by atoms with Crippen LogP contribution in [0.1, 0.15) is 29.3 Å². The number of benzene rings is 3. The molecule has 3 aromatic rings. The van der Waals surface area contributed by atoms with E-state index in [9.17, 15) is 9.59 Å². The molecule has 6 nitrogen and oxygen atoms in total. The smallest absolute Gasteiger partial charge is 0.338 e. The third kappa shape index (κ3) is 7.19. The third-order valence-electron chi connectivity index (χ3n) is 4.28. The minimum absolute atomic E-state index is 0.134. The number of rotatable bonds is 10. The van der Waals surface area contributed by atoms with Crippen molar-refractivity contribution in [1.29, 1.82) is 0 Å². The zero-order valence-corrected chi connectivity index (χ0v) is 17.4. The van der Waals surface area contributed by atoms with Crippen molar-refractivity contribution in [3.05, 3.63) is 90.0 Å². The number of ether oxygens (including phenoxy) is 3. The van der Waals surface area contributed by atoms with Gasteiger partial charge in [0.1, 0.15) is 18.1 Å². The van der Waals surface area contributed by atoms with Crippen LogP contribution in [0.15, 0.2) is 78.9 Å². The highest BCUT2D eigenvalue weighted by Crippen LogP contribution is 2.19. The summed E-state index contributed by atoms with van der Waals surface area (Å²) in [6.07, 6.45) is 0.767. The van der Waals surface area contributed by atoms with Gasteiger partial charge in [0.15, 0.2) is 6.61 Å². The summed E-state index contributed by atoms with van der Waals surface area (Å²) in [5.41, 5.74) is 2.10. The molecule has 160 valence electrons. The molecule has 3 rings (SSSR count). The number of hydrogen-bond donors (Lipinski definition) is 1. The summed E-state index contributed by atoms with van der Waals surface area (Å²) in [5.74, 6) is 0.611. The Morgan fingerprint density at radius 2 is 1.45 bits per heavy atom. The van der Waals surface area contributed by atoms with E-state index in [1.807, 2.05) is 37.3 Å². The van der Waals surface area contributed by atoms with E-state index in [4.69, 9.17) is 14.2 Å². The number of anilines is 1. The van der Waals surface area contributed by atoms with Crippen LogP contribution >= 0.6 is 0 Å². The Morgan fingerprint density at radius 3 is 2.10 bits per heavy atom. The number of carbonyl (C=O) groups excluding carboxylic acids is 2. The van der Waals surface area contributed by atoms with Crippen LogP contribution in [-0.4, -0.2) is 25.1 Å². The van der Waals surface area contributed by atoms with E-state index in [1.165, 1.54) is 0 Å². The van der Waals surface area contributed by atoms with Crippen LogP contribution in [0.5, 0.6) is 11.5 Å². The first-order valence-electron chi connectivity index (χ1n) is 10.1. The first-order chi connectivity index (χ1) is 15.1. The standard InChI is InChI=1S/C25H25NO5/c1-2-16-29-25(28)20-8-10-21(11-9-20)26-24(27)18-31-23-14-12-22(13-15-23)30-17-19-6-4-3-5-7-19/h3-15H,2,16-18H2,1H3,(H,26,27). The quantitative estimate of drug-likeness (QED) is 0.476. The lowest BCUT2D eigenvalue weighted by molar-refractivity contribution is -0.118. The Morgan fingerprint density at radius 1 is 0.806 bits per heavy atom. The second-order valence-corrected chi connectivity index (χ2v) is 6.80. The van der Waals surface area contributed by atoms with Crippen molar-refractivity contribution < 1.29 is 23.8 Å². The van der Waals surface area contributed by atoms with Crippen LogP contribution in [0.2, 0.25) is 0 Å². The van der Waals surface area contributed by atoms with Gasteiger partial charge in [0.05, 0.1) is 12.2 Å². The maximum atomic E-state index is 12.1. The number of amides is 1. The molecule has 0 aliphatic rings. The Balaban J connectivity index is 1.42. The van der Waals surface area contributed by atoms with Gasteiger partial charge >= 0.3 is 5.97 Å². The molecule has 1 N–H and O–H groups in total. The van der Waals surface area contributed by atoms with Crippen molar-refractivity contribution in [1.82, 2.24) is 0 Å². The monoisotopic (exact) mass is 419 g/mol. The topological polar surface area (TPSA) is 73.9 Å². The van der Waals surface area contributed by atoms with E-state index in [2.05, 4.69) is 5.32 Å². The third-order valence-corrected chi connectivity index (χ3v) is 4.28. The van der Waals surface area contributed by atoms with Gasteiger partial charge in [-0.2, -0.15) is 0 Å². The molecule has 0 radical (unpaired) electrons. The van der Waals surface area contributed by atoms with Crippen molar-refractivity contribution in [3.8, 4) is 11.5 Å². The molecule has 0 fully saturated rings. The highest BCUT2D eigenvalue weighted by Gasteiger charge is 2.08. The van der Waals surface area contributed by atoms with Crippen molar-refractivity contribution in [2.45, 2.75) is 20.0 Å². The van der Waals surface area contributed by atoms with E-state index in [-0.39, 0.29) is 18.5 Å². The highest BCUT2D eigenvalue weighted by molar-refractivity contribution is 5.93. The molecule has 0 bridgehead atoms. The maximum Gasteiger partial charge on any atom is 0.338 e. The molecular weight excluding hydrogens is 394 g/mol. The Kier molecular flexibility index (Phi) is 8.05. The second kappa shape index (κ2) is 11.4. The lowest BCUT2D eigenvalue weighted by Gasteiger charge is -2.10. The summed E-state index contributed by atoms with van der Waals surface area (Å²) < 4.78 is 16.3. The predicted molar refractivity (Wildman–Crippen MR) is 118 cm³/mol. The molecule has 0 aliphatic heterocycles. The molecule has 0 saturated heterocycles. The summed E-state index contributed by atoms with van der Waals surface area (Å²) in [7, 11) is 0. The molecular formula is C25H25NO5. The van der Waals surface area contributed by atoms with E-state index in [0.29, 0.717) is 30.2 Å². The van der Waals surface area contributed by atoms with Crippen LogP contribution in [0.25, 0.3) is 0 Å². The molecule has 31 heavy (non-hydrogen) atoms. The van der Waals surface area contributed by atoms with Gasteiger partial charge in [-0.05, 0) is 60.5 Å². The first-order valence-corrected chi connectivity index (χ1v) is 10.1. The van der Waals surface area contributed by atoms with Gasteiger partial charge < -0.3 is 19.5 Å². The molecule has 0 aromatic heterocycles. The van der Waals surface area contributed by atoms with E-state index >= 15 is 0 Å². The summed E-state index contributed by atoms with van der Waals surface area (Å²) >= 11 is 0. The van der Waals surface area contributed by atoms with E-state index in [0.717, 1.165) is 17.7 Å². The fourth-order valence-corrected chi connectivity index (χ4v) is 2.69. The van der Waals surface area contributed by atoms with Crippen molar-refractivity contribution in [3.63, 3.8) is 0 Å². The van der Waals surface area contributed by atoms with Crippen molar-refractivity contribution >= 4 is 17.6 Å². The lowest BCUT2D eigenvalue weighted by Crippen LogP contribution is -2.20. The fourth-order valence-electron chi connectivity index (χ4n) is 2.69. The predicted octanol–water partition coefficient (Wildman–Crippen LogP) is 4.85. The van der Waals surface area contributed by atoms with Gasteiger partial charge in [0, 0.05) is 5.69 Å². The zero-order valence-electron chi connectivity index (χ0n) is 17.4. The van der Waals surface area contributed by atoms with Crippen LogP contribution in [0.4, 0.5) is 5.69 Å². The molecule has 3 aromatic carbocycles. The van der Waals surface area contributed by atoms with Gasteiger partial charge in [-0.25, -0.2) is 4.79 Å². The van der Waals surface area contributed by atoms with Crippen LogP contribution in [-0.2, 0) is 16.1 Å². The minimum Gasteiger partial charge on any atom is -0.489 e. The molecule has 0 saturated carbocycles. The van der Waals surface area contributed by atoms with Crippen LogP contribution < -0.4 is 14.8 Å². The normalized spacial score (nSPS) is 10.2. The summed E-state index contributed by atoms with van der Waals surface area (Å²) in [6, 6.07) is 23.5. The summed E-state index contributed by atoms with van der Waals surface area (Å²) in [4.78, 5) is 23.9. The molecule has 1 amide bonds. The Bertz CT molecular complexity index is 969. The van der Waals surface area contributed by atoms with Crippen molar-refractivity contribution in [2.24, 2.45) is 0 Å². The SMILES string of the molecule is CCCOC(=O)c1ccc(NC(=O)COc2ccc(OCc3ccccc3)cc2)cc1. The number of esters is 1. The molecule has 0 spiro atoms. The summed E-state index contributed by atoms with van der Waals surface area (Å²) in [6.45, 7) is 2.67. The fraction of sp³-hybridized carbons (Fsp3) is 0.200. The molecule has 0 aliphatic carbocycles. The van der Waals surface area contributed by atoms with Crippen molar-refractivity contribution in [2.75, 3.05) is 18.5 Å². The molecule has 0 heterocycles. The van der Waals surface area contributed by atoms with Gasteiger partial charge in [0.25, 0.3) is 5.91 Å². The summed E-state index contributed by atoms with van der Waals surface area (Å²) in [5, 5.41) is 2.73. The number of carbonyl (C=O) groups is 2. The Hall–Kier alpha value is -3.80. The zero-order chi connectivity index (χ0) is 21.9. The minimum atomic E-state index is -0.376.